The molecule has 0 unspecified atom stereocenters. The van der Waals surface area contributed by atoms with Crippen molar-refractivity contribution in [1.29, 1.82) is 0 Å². The van der Waals surface area contributed by atoms with E-state index in [0.717, 1.165) is 88.7 Å². The van der Waals surface area contributed by atoms with Crippen LogP contribution >= 0.6 is 0 Å². The van der Waals surface area contributed by atoms with Crippen molar-refractivity contribution < 1.29 is 4.42 Å². The SMILES string of the molecule is c1ccc(-c2ccc(-c3nc(-c4cc(-c5ccccc5)c(-n5c6ccc(-c7ccccc7)cc6c6cc(-c7ccccc7)ccc65)c(-c5ccccc5)c4)nc(-c4cccc5c4oc4ccccc45)n3)cc2)cc1. The van der Waals surface area contributed by atoms with Crippen molar-refractivity contribution in [2.75, 3.05) is 0 Å². The van der Waals surface area contributed by atoms with Crippen LogP contribution < -0.4 is 0 Å². The number of hydrogen-bond acceptors (Lipinski definition) is 4. The lowest BCUT2D eigenvalue weighted by Crippen LogP contribution is -2.04. The Hall–Kier alpha value is -9.97. The van der Waals surface area contributed by atoms with Gasteiger partial charge in [0.05, 0.1) is 22.3 Å². The Labute approximate surface area is 428 Å². The molecular formula is C69H44N4O. The summed E-state index contributed by atoms with van der Waals surface area (Å²) in [6.07, 6.45) is 0. The smallest absolute Gasteiger partial charge is 0.167 e. The molecule has 0 aliphatic rings. The van der Waals surface area contributed by atoms with Gasteiger partial charge in [-0.2, -0.15) is 0 Å². The molecule has 0 aliphatic carbocycles. The van der Waals surface area contributed by atoms with E-state index in [1.54, 1.807) is 0 Å². The summed E-state index contributed by atoms with van der Waals surface area (Å²) in [5.74, 6) is 1.64. The third kappa shape index (κ3) is 7.54. The summed E-state index contributed by atoms with van der Waals surface area (Å²) in [7, 11) is 0. The van der Waals surface area contributed by atoms with E-state index in [1.807, 2.05) is 24.3 Å². The zero-order valence-corrected chi connectivity index (χ0v) is 40.1. The van der Waals surface area contributed by atoms with Gasteiger partial charge in [-0.3, -0.25) is 0 Å². The van der Waals surface area contributed by atoms with Crippen molar-refractivity contribution >= 4 is 43.7 Å². The van der Waals surface area contributed by atoms with Gasteiger partial charge in [-0.25, -0.2) is 15.0 Å². The second kappa shape index (κ2) is 18.0. The molecule has 5 heteroatoms. The molecular weight excluding hydrogens is 901 g/mol. The van der Waals surface area contributed by atoms with Gasteiger partial charge in [0.15, 0.2) is 17.5 Å². The summed E-state index contributed by atoms with van der Waals surface area (Å²) in [5.41, 5.74) is 18.5. The molecule has 3 aromatic heterocycles. The minimum atomic E-state index is 0.527. The average Bonchev–Trinajstić information content (AvgIpc) is 4.03. The Bertz CT molecular complexity index is 4220. The van der Waals surface area contributed by atoms with Crippen LogP contribution in [-0.4, -0.2) is 19.5 Å². The summed E-state index contributed by atoms with van der Waals surface area (Å²) >= 11 is 0. The van der Waals surface area contributed by atoms with Gasteiger partial charge >= 0.3 is 0 Å². The standard InChI is InChI=1S/C69H44N4O/c1-6-19-45(20-7-1)48-33-35-51(36-34-48)67-70-68(72-69(71-67)57-31-18-30-56-55-29-16-17-32-64(55)74-66(56)57)54-43-58(49-25-12-4-13-26-49)65(59(44-54)50-27-14-5-15-28-50)73-62-39-37-52(46-21-8-2-9-22-46)41-60(62)61-42-53(38-40-63(61)73)47-23-10-3-11-24-47/h1-44H. The Kier molecular flexibility index (Phi) is 10.4. The normalized spacial score (nSPS) is 11.5. The minimum absolute atomic E-state index is 0.527. The fourth-order valence-corrected chi connectivity index (χ4v) is 10.7. The lowest BCUT2D eigenvalue weighted by atomic mass is 9.92. The van der Waals surface area contributed by atoms with E-state index in [2.05, 4.69) is 247 Å². The number of aromatic nitrogens is 4. The molecule has 0 saturated heterocycles. The minimum Gasteiger partial charge on any atom is -0.455 e. The molecule has 0 radical (unpaired) electrons. The van der Waals surface area contributed by atoms with Crippen LogP contribution in [0.2, 0.25) is 0 Å². The lowest BCUT2D eigenvalue weighted by molar-refractivity contribution is 0.669. The van der Waals surface area contributed by atoms with Crippen molar-refractivity contribution in [3.05, 3.63) is 267 Å². The number of fused-ring (bicyclic) bond motifs is 6. The molecule has 0 bridgehead atoms. The first kappa shape index (κ1) is 42.9. The third-order valence-electron chi connectivity index (χ3n) is 14.3. The number of para-hydroxylation sites is 2. The van der Waals surface area contributed by atoms with Gasteiger partial charge in [0.2, 0.25) is 0 Å². The molecule has 0 amide bonds. The monoisotopic (exact) mass is 944 g/mol. The van der Waals surface area contributed by atoms with Gasteiger partial charge in [-0.1, -0.05) is 218 Å². The molecule has 11 aromatic carbocycles. The summed E-state index contributed by atoms with van der Waals surface area (Å²) < 4.78 is 9.11. The number of hydrogen-bond donors (Lipinski definition) is 0. The maximum Gasteiger partial charge on any atom is 0.167 e. The van der Waals surface area contributed by atoms with Crippen LogP contribution in [0.5, 0.6) is 0 Å². The second-order valence-electron chi connectivity index (χ2n) is 18.7. The molecule has 14 aromatic rings. The Morgan fingerprint density at radius 3 is 1.20 bits per heavy atom. The Morgan fingerprint density at radius 2 is 0.662 bits per heavy atom. The lowest BCUT2D eigenvalue weighted by Gasteiger charge is -2.21. The van der Waals surface area contributed by atoms with E-state index in [-0.39, 0.29) is 0 Å². The average molecular weight is 945 g/mol. The van der Waals surface area contributed by atoms with E-state index < -0.39 is 0 Å². The highest BCUT2D eigenvalue weighted by Gasteiger charge is 2.25. The van der Waals surface area contributed by atoms with Crippen LogP contribution in [0.15, 0.2) is 271 Å². The predicted octanol–water partition coefficient (Wildman–Crippen LogP) is 18.2. The van der Waals surface area contributed by atoms with Crippen molar-refractivity contribution in [2.45, 2.75) is 0 Å². The number of rotatable bonds is 9. The number of furan rings is 1. The molecule has 0 N–H and O–H groups in total. The van der Waals surface area contributed by atoms with Crippen molar-refractivity contribution in [1.82, 2.24) is 19.5 Å². The summed E-state index contributed by atoms with van der Waals surface area (Å²) in [4.78, 5) is 16.1. The quantitative estimate of drug-likeness (QED) is 0.145. The number of nitrogens with zero attached hydrogens (tertiary/aromatic N) is 4. The van der Waals surface area contributed by atoms with Crippen LogP contribution in [0.25, 0.3) is 139 Å². The first-order chi connectivity index (χ1) is 36.7. The van der Waals surface area contributed by atoms with Gasteiger partial charge in [0.25, 0.3) is 0 Å². The molecule has 5 nitrogen and oxygen atoms in total. The summed E-state index contributed by atoms with van der Waals surface area (Å²) in [5, 5.41) is 4.40. The van der Waals surface area contributed by atoms with Gasteiger partial charge in [0.1, 0.15) is 11.2 Å². The van der Waals surface area contributed by atoms with E-state index in [4.69, 9.17) is 19.4 Å². The van der Waals surface area contributed by atoms with E-state index in [9.17, 15) is 0 Å². The third-order valence-corrected chi connectivity index (χ3v) is 14.3. The first-order valence-corrected chi connectivity index (χ1v) is 25.0. The predicted molar refractivity (Wildman–Crippen MR) is 305 cm³/mol. The largest absolute Gasteiger partial charge is 0.455 e. The Morgan fingerprint density at radius 1 is 0.257 bits per heavy atom. The molecule has 0 atom stereocenters. The van der Waals surface area contributed by atoms with Gasteiger partial charge in [-0.15, -0.1) is 0 Å². The van der Waals surface area contributed by atoms with Crippen LogP contribution in [0.3, 0.4) is 0 Å². The van der Waals surface area contributed by atoms with E-state index in [1.165, 1.54) is 33.0 Å². The maximum atomic E-state index is 6.64. The van der Waals surface area contributed by atoms with E-state index in [0.29, 0.717) is 17.5 Å². The summed E-state index contributed by atoms with van der Waals surface area (Å²) in [6, 6.07) is 94.4. The van der Waals surface area contributed by atoms with Crippen LogP contribution in [-0.2, 0) is 0 Å². The zero-order valence-electron chi connectivity index (χ0n) is 40.1. The number of benzene rings is 11. The molecule has 0 spiro atoms. The zero-order chi connectivity index (χ0) is 49.0. The van der Waals surface area contributed by atoms with Crippen molar-refractivity contribution in [3.63, 3.8) is 0 Å². The van der Waals surface area contributed by atoms with Crippen LogP contribution in [0.4, 0.5) is 0 Å². The molecule has 3 heterocycles. The van der Waals surface area contributed by atoms with E-state index >= 15 is 0 Å². The second-order valence-corrected chi connectivity index (χ2v) is 18.7. The topological polar surface area (TPSA) is 56.7 Å². The Balaban J connectivity index is 1.05. The van der Waals surface area contributed by atoms with Crippen molar-refractivity contribution in [2.24, 2.45) is 0 Å². The van der Waals surface area contributed by atoms with Gasteiger partial charge in [0, 0.05) is 43.8 Å². The van der Waals surface area contributed by atoms with Gasteiger partial charge in [-0.05, 0) is 93.0 Å². The summed E-state index contributed by atoms with van der Waals surface area (Å²) in [6.45, 7) is 0. The van der Waals surface area contributed by atoms with Crippen molar-refractivity contribution in [3.8, 4) is 95.5 Å². The fourth-order valence-electron chi connectivity index (χ4n) is 10.7. The molecule has 0 fully saturated rings. The highest BCUT2D eigenvalue weighted by molar-refractivity contribution is 6.13. The maximum absolute atomic E-state index is 6.64. The van der Waals surface area contributed by atoms with Crippen LogP contribution in [0.1, 0.15) is 0 Å². The highest BCUT2D eigenvalue weighted by Crippen LogP contribution is 2.46. The molecule has 346 valence electrons. The first-order valence-electron chi connectivity index (χ1n) is 25.0. The highest BCUT2D eigenvalue weighted by atomic mass is 16.3. The van der Waals surface area contributed by atoms with Crippen LogP contribution in [0, 0.1) is 0 Å². The molecule has 0 aliphatic heterocycles. The van der Waals surface area contributed by atoms with Gasteiger partial charge < -0.3 is 8.98 Å². The fraction of sp³-hybridized carbons (Fsp3) is 0. The molecule has 0 saturated carbocycles. The molecule has 74 heavy (non-hydrogen) atoms. The molecule has 14 rings (SSSR count).